The molecule has 1 fully saturated rings. The summed E-state index contributed by atoms with van der Waals surface area (Å²) >= 11 is 0. The first kappa shape index (κ1) is 17.3. The minimum absolute atomic E-state index is 0.105. The van der Waals surface area contributed by atoms with Crippen LogP contribution < -0.4 is 10.5 Å². The number of aryl methyl sites for hydroxylation is 1. The number of benzene rings is 1. The predicted octanol–water partition coefficient (Wildman–Crippen LogP) is -0.191. The predicted molar refractivity (Wildman–Crippen MR) is 84.2 cm³/mol. The molecule has 1 heterocycles. The van der Waals surface area contributed by atoms with Crippen LogP contribution in [0.1, 0.15) is 15.9 Å². The number of phenols is 1. The minimum atomic E-state index is -1.04. The van der Waals surface area contributed by atoms with Crippen LogP contribution in [0, 0.1) is 0 Å². The lowest BCUT2D eigenvalue weighted by atomic mass is 9.95. The molecule has 1 atom stereocenters. The molecule has 1 aromatic rings. The number of nitrogens with zero attached hydrogens (tertiary/aromatic N) is 1. The van der Waals surface area contributed by atoms with E-state index in [0.29, 0.717) is 43.4 Å². The van der Waals surface area contributed by atoms with Crippen molar-refractivity contribution in [3.8, 4) is 11.5 Å². The highest BCUT2D eigenvalue weighted by Crippen LogP contribution is 2.32. The summed E-state index contributed by atoms with van der Waals surface area (Å²) in [4.78, 5) is 23.8. The second-order valence-corrected chi connectivity index (χ2v) is 5.54. The fraction of sp³-hybridized carbons (Fsp3) is 0.467. The Morgan fingerprint density at radius 1 is 1.52 bits per heavy atom. The van der Waals surface area contributed by atoms with Gasteiger partial charge in [0.1, 0.15) is 23.6 Å². The van der Waals surface area contributed by atoms with E-state index in [1.54, 1.807) is 12.1 Å². The molecular formula is C15H19BN2O5. The molecule has 23 heavy (non-hydrogen) atoms. The molecule has 2 radical (unpaired) electrons. The first-order valence-electron chi connectivity index (χ1n) is 7.33. The molecule has 1 aliphatic rings. The number of carbonyl (C=O) groups is 2. The first-order chi connectivity index (χ1) is 11.0. The van der Waals surface area contributed by atoms with Gasteiger partial charge in [-0.25, -0.2) is 0 Å². The number of hydrogen-bond acceptors (Lipinski definition) is 6. The third-order valence-corrected chi connectivity index (χ3v) is 3.78. The van der Waals surface area contributed by atoms with Crippen LogP contribution in [0.2, 0.25) is 6.32 Å². The molecule has 0 aromatic heterocycles. The van der Waals surface area contributed by atoms with Gasteiger partial charge < -0.3 is 20.7 Å². The smallest absolute Gasteiger partial charge is 0.321 e. The van der Waals surface area contributed by atoms with Crippen molar-refractivity contribution in [2.45, 2.75) is 24.9 Å². The zero-order valence-corrected chi connectivity index (χ0v) is 12.6. The average molecular weight is 318 g/mol. The first-order valence-corrected chi connectivity index (χ1v) is 7.33. The summed E-state index contributed by atoms with van der Waals surface area (Å²) in [6.07, 6.45) is 1.22. The maximum absolute atomic E-state index is 11.2. The number of aldehydes is 1. The Morgan fingerprint density at radius 3 is 2.78 bits per heavy atom. The molecule has 1 saturated heterocycles. The summed E-state index contributed by atoms with van der Waals surface area (Å²) in [7, 11) is 5.46. The Hall–Kier alpha value is -2.06. The van der Waals surface area contributed by atoms with E-state index >= 15 is 0 Å². The van der Waals surface area contributed by atoms with Crippen LogP contribution in [-0.2, 0) is 11.2 Å². The van der Waals surface area contributed by atoms with Gasteiger partial charge in [0, 0.05) is 19.6 Å². The molecule has 0 saturated carbocycles. The number of aromatic hydroxyl groups is 1. The molecule has 0 bridgehead atoms. The molecule has 0 aliphatic carbocycles. The zero-order chi connectivity index (χ0) is 17.0. The van der Waals surface area contributed by atoms with Crippen molar-refractivity contribution in [1.29, 1.82) is 0 Å². The summed E-state index contributed by atoms with van der Waals surface area (Å²) in [5, 5.41) is 18.8. The Kier molecular flexibility index (Phi) is 5.62. The van der Waals surface area contributed by atoms with E-state index in [0.717, 1.165) is 0 Å². The number of carboxylic acid groups (broad SMARTS) is 1. The molecule has 7 nitrogen and oxygen atoms in total. The van der Waals surface area contributed by atoms with E-state index in [1.807, 2.05) is 4.90 Å². The molecular weight excluding hydrogens is 299 g/mol. The van der Waals surface area contributed by atoms with Gasteiger partial charge in [0.25, 0.3) is 0 Å². The minimum Gasteiger partial charge on any atom is -0.507 e. The zero-order valence-electron chi connectivity index (χ0n) is 12.6. The number of nitrogens with two attached hydrogens (primary N) is 1. The molecule has 0 amide bonds. The van der Waals surface area contributed by atoms with Gasteiger partial charge in [-0.1, -0.05) is 12.4 Å². The molecule has 8 heteroatoms. The number of carbonyl (C=O) groups excluding carboxylic acids is 1. The molecule has 1 aliphatic heterocycles. The van der Waals surface area contributed by atoms with Gasteiger partial charge in [-0.3, -0.25) is 14.5 Å². The molecule has 0 spiro atoms. The van der Waals surface area contributed by atoms with Gasteiger partial charge in [-0.05, 0) is 18.1 Å². The van der Waals surface area contributed by atoms with E-state index in [1.165, 1.54) is 0 Å². The average Bonchev–Trinajstić information content (AvgIpc) is 2.47. The summed E-state index contributed by atoms with van der Waals surface area (Å²) in [5.74, 6) is -0.837. The standard InChI is InChI=1S/C15H19BN2O5/c16-4-3-9-1-2-13(11(8-19)14(9)20)23-10-5-18(6-10)7-12(17)15(21)22/h1-2,8,10,12,20H,3-7,17H2,(H,21,22). The van der Waals surface area contributed by atoms with Gasteiger partial charge >= 0.3 is 5.97 Å². The van der Waals surface area contributed by atoms with E-state index in [9.17, 15) is 14.7 Å². The molecule has 1 unspecified atom stereocenters. The third kappa shape index (κ3) is 4.03. The van der Waals surface area contributed by atoms with Gasteiger partial charge in [0.05, 0.1) is 13.4 Å². The Labute approximate surface area is 135 Å². The fourth-order valence-corrected chi connectivity index (χ4v) is 2.49. The van der Waals surface area contributed by atoms with Crippen LogP contribution in [0.25, 0.3) is 0 Å². The van der Waals surface area contributed by atoms with Crippen molar-refractivity contribution in [2.24, 2.45) is 5.73 Å². The maximum atomic E-state index is 11.2. The Balaban J connectivity index is 1.96. The highest BCUT2D eigenvalue weighted by Gasteiger charge is 2.31. The second-order valence-electron chi connectivity index (χ2n) is 5.54. The number of phenolic OH excluding ortho intramolecular Hbond substituents is 1. The van der Waals surface area contributed by atoms with Crippen LogP contribution in [0.15, 0.2) is 12.1 Å². The number of rotatable bonds is 8. The maximum Gasteiger partial charge on any atom is 0.321 e. The van der Waals surface area contributed by atoms with Crippen LogP contribution in [0.3, 0.4) is 0 Å². The SMILES string of the molecule is [B]CCc1ccc(OC2CN(CC(N)C(=O)O)C2)c(C=O)c1O. The number of ether oxygens (including phenoxy) is 1. The second kappa shape index (κ2) is 7.48. The summed E-state index contributed by atoms with van der Waals surface area (Å²) in [6, 6.07) is 2.39. The Morgan fingerprint density at radius 2 is 2.22 bits per heavy atom. The normalized spacial score (nSPS) is 16.6. The number of likely N-dealkylation sites (tertiary alicyclic amines) is 1. The van der Waals surface area contributed by atoms with Gasteiger partial charge in [-0.15, -0.1) is 0 Å². The van der Waals surface area contributed by atoms with E-state index in [2.05, 4.69) is 0 Å². The van der Waals surface area contributed by atoms with Crippen molar-refractivity contribution in [3.05, 3.63) is 23.3 Å². The monoisotopic (exact) mass is 318 g/mol. The quantitative estimate of drug-likeness (QED) is 0.450. The van der Waals surface area contributed by atoms with E-state index in [-0.39, 0.29) is 24.0 Å². The van der Waals surface area contributed by atoms with Crippen LogP contribution in [0.4, 0.5) is 0 Å². The van der Waals surface area contributed by atoms with Crippen molar-refractivity contribution in [1.82, 2.24) is 4.90 Å². The van der Waals surface area contributed by atoms with Crippen LogP contribution in [0.5, 0.6) is 11.5 Å². The highest BCUT2D eigenvalue weighted by atomic mass is 16.5. The van der Waals surface area contributed by atoms with Crippen molar-refractivity contribution in [2.75, 3.05) is 19.6 Å². The van der Waals surface area contributed by atoms with Gasteiger partial charge in [-0.2, -0.15) is 0 Å². The molecule has 1 aromatic carbocycles. The van der Waals surface area contributed by atoms with Gasteiger partial charge in [0.15, 0.2) is 6.29 Å². The van der Waals surface area contributed by atoms with Crippen molar-refractivity contribution < 1.29 is 24.5 Å². The lowest BCUT2D eigenvalue weighted by molar-refractivity contribution is -0.139. The summed E-state index contributed by atoms with van der Waals surface area (Å²) in [5.41, 5.74) is 6.17. The molecule has 4 N–H and O–H groups in total. The Bertz CT molecular complexity index is 589. The van der Waals surface area contributed by atoms with E-state index in [4.69, 9.17) is 23.4 Å². The van der Waals surface area contributed by atoms with Crippen molar-refractivity contribution in [3.63, 3.8) is 0 Å². The van der Waals surface area contributed by atoms with Crippen molar-refractivity contribution >= 4 is 20.1 Å². The third-order valence-electron chi connectivity index (χ3n) is 3.78. The van der Waals surface area contributed by atoms with E-state index < -0.39 is 12.0 Å². The molecule has 2 rings (SSSR count). The highest BCUT2D eigenvalue weighted by molar-refractivity contribution is 6.08. The lowest BCUT2D eigenvalue weighted by Crippen LogP contribution is -2.57. The van der Waals surface area contributed by atoms with Crippen LogP contribution in [-0.4, -0.2) is 67.0 Å². The number of hydrogen-bond donors (Lipinski definition) is 3. The van der Waals surface area contributed by atoms with Gasteiger partial charge in [0.2, 0.25) is 0 Å². The topological polar surface area (TPSA) is 113 Å². The van der Waals surface area contributed by atoms with Crippen LogP contribution >= 0.6 is 0 Å². The largest absolute Gasteiger partial charge is 0.507 e. The summed E-state index contributed by atoms with van der Waals surface area (Å²) < 4.78 is 5.71. The fourth-order valence-electron chi connectivity index (χ4n) is 2.49. The molecule has 122 valence electrons. The lowest BCUT2D eigenvalue weighted by Gasteiger charge is -2.39. The number of aliphatic carboxylic acids is 1. The summed E-state index contributed by atoms with van der Waals surface area (Å²) in [6.45, 7) is 1.28. The number of carboxylic acids is 1.